The summed E-state index contributed by atoms with van der Waals surface area (Å²) in [6, 6.07) is 0. The van der Waals surface area contributed by atoms with Gasteiger partial charge in [0.15, 0.2) is 0 Å². The number of piperazine rings is 1. The summed E-state index contributed by atoms with van der Waals surface area (Å²) in [4.78, 5) is 0. The molecule has 0 spiro atoms. The Labute approximate surface area is 87.5 Å². The normalized spacial score (nSPS) is 20.2. The van der Waals surface area contributed by atoms with Crippen LogP contribution >= 0.6 is 24.8 Å². The summed E-state index contributed by atoms with van der Waals surface area (Å²) in [5, 5.41) is 3.32. The average molecular weight is 224 g/mol. The molecule has 11 heavy (non-hydrogen) atoms. The van der Waals surface area contributed by atoms with E-state index in [-0.39, 0.29) is 37.2 Å². The summed E-state index contributed by atoms with van der Waals surface area (Å²) < 4.78 is 1.19. The zero-order chi connectivity index (χ0) is 6.04. The summed E-state index contributed by atoms with van der Waals surface area (Å²) in [6.45, 7) is 4.93. The molecule has 0 aromatic carbocycles. The fraction of sp³-hybridized carbons (Fsp3) is 1.00. The number of likely N-dealkylation sites (N-methyl/N-ethyl adjacent to an activating group) is 1. The zero-order valence-corrected chi connectivity index (χ0v) is 9.36. The fourth-order valence-electron chi connectivity index (χ4n) is 1.00. The van der Waals surface area contributed by atoms with Crippen LogP contribution in [-0.2, 0) is 0 Å². The first-order valence-electron chi connectivity index (χ1n) is 3.23. The Kier molecular flexibility index (Phi) is 12.0. The lowest BCUT2D eigenvalue weighted by Gasteiger charge is -2.33. The molecule has 0 bridgehead atoms. The van der Waals surface area contributed by atoms with Gasteiger partial charge >= 0.3 is 0 Å². The van der Waals surface area contributed by atoms with Crippen LogP contribution < -0.4 is 17.7 Å². The van der Waals surface area contributed by atoms with Crippen molar-refractivity contribution in [1.82, 2.24) is 5.32 Å². The molecule has 1 rings (SSSR count). The molecule has 0 aromatic heterocycles. The van der Waals surface area contributed by atoms with Crippen molar-refractivity contribution < 1.29 is 16.9 Å². The van der Waals surface area contributed by atoms with E-state index >= 15 is 0 Å². The molecule has 0 aliphatic carbocycles. The van der Waals surface area contributed by atoms with E-state index in [4.69, 9.17) is 0 Å². The largest absolute Gasteiger partial charge is 1.00 e. The molecule has 1 aliphatic heterocycles. The second kappa shape index (κ2) is 7.44. The van der Waals surface area contributed by atoms with Gasteiger partial charge in [-0.2, -0.15) is 0 Å². The van der Waals surface area contributed by atoms with Crippen LogP contribution in [0.25, 0.3) is 0 Å². The van der Waals surface area contributed by atoms with Crippen molar-refractivity contribution in [2.45, 2.75) is 0 Å². The third-order valence-electron chi connectivity index (χ3n) is 1.79. The lowest BCUT2D eigenvalue weighted by molar-refractivity contribution is -0.891. The summed E-state index contributed by atoms with van der Waals surface area (Å²) in [5.74, 6) is 0. The van der Waals surface area contributed by atoms with Crippen molar-refractivity contribution >= 4 is 24.8 Å². The Hall–Kier alpha value is 0.790. The van der Waals surface area contributed by atoms with Gasteiger partial charge in [0.2, 0.25) is 0 Å². The maximum atomic E-state index is 3.32. The van der Waals surface area contributed by atoms with Gasteiger partial charge in [0.1, 0.15) is 0 Å². The summed E-state index contributed by atoms with van der Waals surface area (Å²) >= 11 is 0. The number of rotatable bonds is 0. The molecule has 0 aromatic rings. The van der Waals surface area contributed by atoms with Crippen molar-refractivity contribution in [3.8, 4) is 0 Å². The lowest BCUT2D eigenvalue weighted by atomic mass is 10.3. The monoisotopic (exact) mass is 222 g/mol. The molecule has 1 heterocycles. The molecule has 0 unspecified atom stereocenters. The number of nitrogens with zero attached hydrogens (tertiary/aromatic N) is 1. The van der Waals surface area contributed by atoms with Crippen LogP contribution in [0.15, 0.2) is 0 Å². The van der Waals surface area contributed by atoms with Crippen LogP contribution in [0.3, 0.4) is 0 Å². The van der Waals surface area contributed by atoms with Crippen molar-refractivity contribution in [3.63, 3.8) is 0 Å². The van der Waals surface area contributed by atoms with Crippen LogP contribution in [0.5, 0.6) is 0 Å². The first-order chi connectivity index (χ1) is 3.71. The standard InChI is InChI=1S/C6H15N2.3ClH/c1-8(2)5-3-7-4-6-8;;;/h7H,3-6H2,1-2H3;3*1H/q+1;;;/p-1. The van der Waals surface area contributed by atoms with E-state index in [1.807, 2.05) is 0 Å². The highest BCUT2D eigenvalue weighted by atomic mass is 35.5. The molecular weight excluding hydrogens is 206 g/mol. The van der Waals surface area contributed by atoms with Crippen LogP contribution in [-0.4, -0.2) is 44.8 Å². The van der Waals surface area contributed by atoms with Crippen LogP contribution in [0.2, 0.25) is 0 Å². The number of hydrogen-bond donors (Lipinski definition) is 1. The van der Waals surface area contributed by atoms with E-state index in [1.54, 1.807) is 0 Å². The Balaban J connectivity index is -0.000000213. The highest BCUT2D eigenvalue weighted by Gasteiger charge is 2.17. The second-order valence-corrected chi connectivity index (χ2v) is 3.13. The van der Waals surface area contributed by atoms with E-state index in [2.05, 4.69) is 19.4 Å². The molecule has 1 saturated heterocycles. The van der Waals surface area contributed by atoms with Gasteiger partial charge in [-0.05, 0) is 0 Å². The Morgan fingerprint density at radius 2 is 1.36 bits per heavy atom. The van der Waals surface area contributed by atoms with E-state index < -0.39 is 0 Å². The molecule has 2 nitrogen and oxygen atoms in total. The number of hydrogen-bond acceptors (Lipinski definition) is 1. The summed E-state index contributed by atoms with van der Waals surface area (Å²) in [6.07, 6.45) is 0. The highest BCUT2D eigenvalue weighted by molar-refractivity contribution is 5.85. The van der Waals surface area contributed by atoms with Gasteiger partial charge in [0.05, 0.1) is 27.2 Å². The maximum Gasteiger partial charge on any atom is 0.0909 e. The minimum Gasteiger partial charge on any atom is -1.00 e. The van der Waals surface area contributed by atoms with Gasteiger partial charge in [-0.1, -0.05) is 0 Å². The zero-order valence-electron chi connectivity index (χ0n) is 6.97. The van der Waals surface area contributed by atoms with Gasteiger partial charge in [-0.15, -0.1) is 24.8 Å². The van der Waals surface area contributed by atoms with E-state index in [9.17, 15) is 0 Å². The highest BCUT2D eigenvalue weighted by Crippen LogP contribution is 1.96. The van der Waals surface area contributed by atoms with Gasteiger partial charge in [-0.25, -0.2) is 0 Å². The second-order valence-electron chi connectivity index (χ2n) is 3.13. The number of halogens is 3. The summed E-state index contributed by atoms with van der Waals surface area (Å²) in [7, 11) is 4.56. The van der Waals surface area contributed by atoms with E-state index in [0.29, 0.717) is 0 Å². The van der Waals surface area contributed by atoms with Gasteiger partial charge in [-0.3, -0.25) is 0 Å². The van der Waals surface area contributed by atoms with Crippen molar-refractivity contribution in [1.29, 1.82) is 0 Å². The minimum atomic E-state index is 0. The van der Waals surface area contributed by atoms with Crippen LogP contribution in [0.1, 0.15) is 0 Å². The van der Waals surface area contributed by atoms with Gasteiger partial charge in [0.25, 0.3) is 0 Å². The van der Waals surface area contributed by atoms with Crippen molar-refractivity contribution in [3.05, 3.63) is 0 Å². The Bertz CT molecular complexity index is 79.9. The molecule has 1 aliphatic rings. The first-order valence-corrected chi connectivity index (χ1v) is 3.23. The lowest BCUT2D eigenvalue weighted by Crippen LogP contribution is -3.00. The molecule has 1 fully saturated rings. The number of nitrogens with one attached hydrogen (secondary N) is 1. The molecule has 0 saturated carbocycles. The van der Waals surface area contributed by atoms with Gasteiger partial charge in [0, 0.05) is 13.1 Å². The smallest absolute Gasteiger partial charge is 0.0909 e. The fourth-order valence-corrected chi connectivity index (χ4v) is 1.00. The van der Waals surface area contributed by atoms with E-state index in [0.717, 1.165) is 0 Å². The molecule has 0 radical (unpaired) electrons. The topological polar surface area (TPSA) is 12.0 Å². The third kappa shape index (κ3) is 7.16. The predicted molar refractivity (Wildman–Crippen MR) is 49.2 cm³/mol. The average Bonchev–Trinajstić information content (AvgIpc) is 1.65. The Morgan fingerprint density at radius 3 is 1.55 bits per heavy atom. The van der Waals surface area contributed by atoms with E-state index in [1.165, 1.54) is 30.7 Å². The quantitative estimate of drug-likeness (QED) is 0.449. The summed E-state index contributed by atoms with van der Waals surface area (Å²) in [5.41, 5.74) is 0. The SMILES string of the molecule is C[N+]1(C)CCNCC1.Cl.Cl.[Cl-]. The van der Waals surface area contributed by atoms with Gasteiger partial charge < -0.3 is 22.2 Å². The van der Waals surface area contributed by atoms with Crippen LogP contribution in [0.4, 0.5) is 0 Å². The number of quaternary nitrogens is 1. The predicted octanol–water partition coefficient (Wildman–Crippen LogP) is -2.49. The minimum absolute atomic E-state index is 0. The molecule has 72 valence electrons. The molecular formula is C6H17Cl3N2. The molecule has 0 atom stereocenters. The Morgan fingerprint density at radius 1 is 1.00 bits per heavy atom. The molecule has 5 heteroatoms. The molecule has 1 N–H and O–H groups in total. The first kappa shape index (κ1) is 17.8. The molecule has 0 amide bonds. The maximum absolute atomic E-state index is 3.32. The van der Waals surface area contributed by atoms with Crippen molar-refractivity contribution in [2.24, 2.45) is 0 Å². The third-order valence-corrected chi connectivity index (χ3v) is 1.79. The van der Waals surface area contributed by atoms with Crippen LogP contribution in [0, 0.1) is 0 Å². The van der Waals surface area contributed by atoms with Crippen molar-refractivity contribution in [2.75, 3.05) is 40.3 Å².